The fraction of sp³-hybridized carbons (Fsp3) is 0.650. The Kier molecular flexibility index (Phi) is 7.10. The van der Waals surface area contributed by atoms with Gasteiger partial charge < -0.3 is 15.4 Å². The Balaban J connectivity index is 1.75. The molecule has 1 fully saturated rings. The summed E-state index contributed by atoms with van der Waals surface area (Å²) in [5.41, 5.74) is 2.26. The van der Waals surface area contributed by atoms with E-state index in [9.17, 15) is 4.79 Å². The summed E-state index contributed by atoms with van der Waals surface area (Å²) in [6.07, 6.45) is 3.05. The van der Waals surface area contributed by atoms with Crippen molar-refractivity contribution in [1.29, 1.82) is 0 Å². The van der Waals surface area contributed by atoms with Crippen LogP contribution in [0.4, 0.5) is 0 Å². The van der Waals surface area contributed by atoms with Crippen molar-refractivity contribution in [2.24, 2.45) is 11.8 Å². The number of rotatable bonds is 7. The molecule has 0 spiro atoms. The fourth-order valence-corrected chi connectivity index (χ4v) is 3.43. The first-order valence-electron chi connectivity index (χ1n) is 9.16. The maximum Gasteiger partial charge on any atom is 0.220 e. The van der Waals surface area contributed by atoms with Crippen LogP contribution in [-0.2, 0) is 4.79 Å². The Hall–Kier alpha value is -1.55. The van der Waals surface area contributed by atoms with E-state index < -0.39 is 0 Å². The van der Waals surface area contributed by atoms with E-state index >= 15 is 0 Å². The Morgan fingerprint density at radius 2 is 2.04 bits per heavy atom. The van der Waals surface area contributed by atoms with Crippen LogP contribution in [0.2, 0.25) is 0 Å². The van der Waals surface area contributed by atoms with Crippen LogP contribution in [0.25, 0.3) is 0 Å². The topological polar surface area (TPSA) is 50.4 Å². The zero-order chi connectivity index (χ0) is 17.5. The normalized spacial score (nSPS) is 20.2. The molecule has 0 bridgehead atoms. The lowest BCUT2D eigenvalue weighted by molar-refractivity contribution is -0.123. The zero-order valence-electron chi connectivity index (χ0n) is 15.5. The van der Waals surface area contributed by atoms with Crippen LogP contribution in [0.3, 0.4) is 0 Å². The van der Waals surface area contributed by atoms with E-state index in [-0.39, 0.29) is 11.9 Å². The Bertz CT molecular complexity index is 518. The highest BCUT2D eigenvalue weighted by molar-refractivity contribution is 5.76. The maximum atomic E-state index is 12.3. The highest BCUT2D eigenvalue weighted by Gasteiger charge is 2.22. The van der Waals surface area contributed by atoms with Crippen LogP contribution in [0.15, 0.2) is 18.2 Å². The van der Waals surface area contributed by atoms with Crippen LogP contribution in [0.1, 0.15) is 44.2 Å². The van der Waals surface area contributed by atoms with Gasteiger partial charge in [-0.3, -0.25) is 4.79 Å². The van der Waals surface area contributed by atoms with Gasteiger partial charge in [-0.05, 0) is 69.7 Å². The summed E-state index contributed by atoms with van der Waals surface area (Å²) in [6.45, 7) is 10.9. The number of hydrogen-bond donors (Lipinski definition) is 2. The van der Waals surface area contributed by atoms with Crippen molar-refractivity contribution in [2.75, 3.05) is 19.7 Å². The minimum Gasteiger partial charge on any atom is -0.491 e. The van der Waals surface area contributed by atoms with Gasteiger partial charge in [0.1, 0.15) is 12.4 Å². The van der Waals surface area contributed by atoms with Crippen LogP contribution < -0.4 is 15.4 Å². The number of para-hydroxylation sites is 1. The van der Waals surface area contributed by atoms with Crippen LogP contribution in [0.5, 0.6) is 5.75 Å². The Morgan fingerprint density at radius 1 is 1.33 bits per heavy atom. The number of hydrogen-bond acceptors (Lipinski definition) is 3. The van der Waals surface area contributed by atoms with E-state index in [1.807, 2.05) is 39.0 Å². The molecule has 24 heavy (non-hydrogen) atoms. The molecule has 4 nitrogen and oxygen atoms in total. The molecule has 3 unspecified atom stereocenters. The smallest absolute Gasteiger partial charge is 0.220 e. The second kappa shape index (κ2) is 9.07. The third-order valence-corrected chi connectivity index (χ3v) is 4.94. The molecule has 4 heteroatoms. The molecule has 1 saturated heterocycles. The van der Waals surface area contributed by atoms with Crippen molar-refractivity contribution >= 4 is 5.91 Å². The summed E-state index contributed by atoms with van der Waals surface area (Å²) in [7, 11) is 0. The van der Waals surface area contributed by atoms with Gasteiger partial charge in [-0.25, -0.2) is 0 Å². The molecule has 2 N–H and O–H groups in total. The molecule has 1 heterocycles. The van der Waals surface area contributed by atoms with Gasteiger partial charge in [0.25, 0.3) is 0 Å². The van der Waals surface area contributed by atoms with Gasteiger partial charge in [0.05, 0.1) is 6.04 Å². The highest BCUT2D eigenvalue weighted by atomic mass is 16.5. The summed E-state index contributed by atoms with van der Waals surface area (Å²) in [6, 6.07) is 6.13. The molecule has 134 valence electrons. The lowest BCUT2D eigenvalue weighted by Gasteiger charge is -2.28. The monoisotopic (exact) mass is 332 g/mol. The van der Waals surface area contributed by atoms with Crippen LogP contribution >= 0.6 is 0 Å². The first-order valence-corrected chi connectivity index (χ1v) is 9.16. The van der Waals surface area contributed by atoms with Gasteiger partial charge in [0.15, 0.2) is 0 Å². The van der Waals surface area contributed by atoms with Crippen molar-refractivity contribution in [1.82, 2.24) is 10.6 Å². The number of amides is 1. The fourth-order valence-electron chi connectivity index (χ4n) is 3.43. The quantitative estimate of drug-likeness (QED) is 0.806. The molecule has 0 saturated carbocycles. The minimum absolute atomic E-state index is 0.00758. The summed E-state index contributed by atoms with van der Waals surface area (Å²) in [4.78, 5) is 12.3. The Morgan fingerprint density at radius 3 is 2.67 bits per heavy atom. The third kappa shape index (κ3) is 5.52. The first kappa shape index (κ1) is 18.8. The number of carbonyl (C=O) groups is 1. The summed E-state index contributed by atoms with van der Waals surface area (Å²) >= 11 is 0. The van der Waals surface area contributed by atoms with Crippen molar-refractivity contribution < 1.29 is 9.53 Å². The minimum atomic E-state index is 0.00758. The van der Waals surface area contributed by atoms with E-state index in [4.69, 9.17) is 4.74 Å². The van der Waals surface area contributed by atoms with E-state index in [0.29, 0.717) is 24.9 Å². The molecule has 1 aliphatic rings. The molecule has 0 aromatic heterocycles. The number of ether oxygens (including phenoxy) is 1. The summed E-state index contributed by atoms with van der Waals surface area (Å²) in [5, 5.41) is 6.50. The zero-order valence-corrected chi connectivity index (χ0v) is 15.5. The van der Waals surface area contributed by atoms with Gasteiger partial charge in [-0.15, -0.1) is 0 Å². The number of piperidine rings is 1. The third-order valence-electron chi connectivity index (χ3n) is 4.94. The van der Waals surface area contributed by atoms with Crippen LogP contribution in [-0.4, -0.2) is 31.6 Å². The van der Waals surface area contributed by atoms with E-state index in [0.717, 1.165) is 30.0 Å². The van der Waals surface area contributed by atoms with Gasteiger partial charge in [-0.2, -0.15) is 0 Å². The number of carbonyl (C=O) groups excluding carboxylic acids is 1. The molecule has 3 atom stereocenters. The largest absolute Gasteiger partial charge is 0.491 e. The van der Waals surface area contributed by atoms with Crippen LogP contribution in [0, 0.1) is 25.7 Å². The van der Waals surface area contributed by atoms with Gasteiger partial charge in [-0.1, -0.05) is 25.1 Å². The molecule has 2 rings (SSSR count). The van der Waals surface area contributed by atoms with Crippen molar-refractivity contribution in [3.05, 3.63) is 29.3 Å². The lowest BCUT2D eigenvalue weighted by atomic mass is 9.85. The first-order chi connectivity index (χ1) is 11.5. The predicted octanol–water partition coefficient (Wildman–Crippen LogP) is 3.21. The molecule has 0 aliphatic carbocycles. The molecular formula is C20H32N2O2. The van der Waals surface area contributed by atoms with Gasteiger partial charge in [0, 0.05) is 6.42 Å². The molecule has 1 aliphatic heterocycles. The highest BCUT2D eigenvalue weighted by Crippen LogP contribution is 2.23. The lowest BCUT2D eigenvalue weighted by Crippen LogP contribution is -2.39. The average Bonchev–Trinajstić information content (AvgIpc) is 2.55. The van der Waals surface area contributed by atoms with Crippen molar-refractivity contribution in [3.63, 3.8) is 0 Å². The second-order valence-electron chi connectivity index (χ2n) is 7.29. The maximum absolute atomic E-state index is 12.3. The van der Waals surface area contributed by atoms with E-state index in [1.54, 1.807) is 0 Å². The molecule has 0 radical (unpaired) electrons. The predicted molar refractivity (Wildman–Crippen MR) is 98.4 cm³/mol. The average molecular weight is 332 g/mol. The summed E-state index contributed by atoms with van der Waals surface area (Å²) < 4.78 is 5.93. The van der Waals surface area contributed by atoms with Crippen molar-refractivity contribution in [3.8, 4) is 5.75 Å². The van der Waals surface area contributed by atoms with E-state index in [2.05, 4.69) is 17.6 Å². The molecular weight excluding hydrogens is 300 g/mol. The Labute approximate surface area is 146 Å². The standard InChI is InChI=1S/C20H32N2O2/c1-14-7-5-8-15(2)20(14)24-13-17(4)22-19(23)11-16(3)18-9-6-10-21-12-18/h5,7-8,16-18,21H,6,9-13H2,1-4H3,(H,22,23). The molecule has 1 amide bonds. The van der Waals surface area contributed by atoms with Gasteiger partial charge in [0.2, 0.25) is 5.91 Å². The van der Waals surface area contributed by atoms with Crippen molar-refractivity contribution in [2.45, 2.75) is 53.0 Å². The summed E-state index contributed by atoms with van der Waals surface area (Å²) in [5.74, 6) is 2.10. The number of aryl methyl sites for hydroxylation is 2. The number of nitrogens with one attached hydrogen (secondary N) is 2. The molecule has 1 aromatic rings. The van der Waals surface area contributed by atoms with E-state index in [1.165, 1.54) is 12.8 Å². The second-order valence-corrected chi connectivity index (χ2v) is 7.29. The SMILES string of the molecule is Cc1cccc(C)c1OCC(C)NC(=O)CC(C)C1CCCNC1. The van der Waals surface area contributed by atoms with Gasteiger partial charge >= 0.3 is 0 Å². The number of benzene rings is 1. The molecule has 1 aromatic carbocycles.